The van der Waals surface area contributed by atoms with Gasteiger partial charge in [0.05, 0.1) is 17.8 Å². The van der Waals surface area contributed by atoms with E-state index in [4.69, 9.17) is 37.4 Å². The molecule has 4 aromatic carbocycles. The number of pyridine rings is 1. The van der Waals surface area contributed by atoms with Crippen molar-refractivity contribution in [1.82, 2.24) is 14.8 Å². The van der Waals surface area contributed by atoms with Gasteiger partial charge in [0.1, 0.15) is 18.1 Å². The highest BCUT2D eigenvalue weighted by atomic mass is 35.5. The number of ether oxygens (including phenoxy) is 3. The lowest BCUT2D eigenvalue weighted by atomic mass is 10.0. The molecule has 2 heterocycles. The van der Waals surface area contributed by atoms with Gasteiger partial charge in [0.2, 0.25) is 11.8 Å². The normalized spacial score (nSPS) is 13.2. The summed E-state index contributed by atoms with van der Waals surface area (Å²) in [4.78, 5) is 21.7. The van der Waals surface area contributed by atoms with Gasteiger partial charge in [-0.2, -0.15) is 0 Å². The lowest BCUT2D eigenvalue weighted by molar-refractivity contribution is -0.127. The maximum absolute atomic E-state index is 13.1. The molecule has 0 aliphatic carbocycles. The molecule has 5 aromatic rings. The first-order valence-electron chi connectivity index (χ1n) is 18.0. The number of benzene rings is 4. The summed E-state index contributed by atoms with van der Waals surface area (Å²) in [6, 6.07) is 31.9. The van der Waals surface area contributed by atoms with Crippen molar-refractivity contribution in [2.24, 2.45) is 0 Å². The predicted molar refractivity (Wildman–Crippen MR) is 221 cm³/mol. The molecule has 0 bridgehead atoms. The highest BCUT2D eigenvalue weighted by Gasteiger charge is 2.20. The fourth-order valence-electron chi connectivity index (χ4n) is 6.05. The van der Waals surface area contributed by atoms with Crippen molar-refractivity contribution in [2.75, 3.05) is 32.8 Å². The number of aryl methyl sites for hydroxylation is 1. The zero-order valence-corrected chi connectivity index (χ0v) is 33.2. The van der Waals surface area contributed by atoms with E-state index in [-0.39, 0.29) is 18.3 Å². The first kappa shape index (κ1) is 40.7. The largest absolute Gasteiger partial charge is 0.493 e. The Kier molecular flexibility index (Phi) is 14.8. The number of halogens is 3. The molecule has 0 unspecified atom stereocenters. The first-order valence-corrected chi connectivity index (χ1v) is 18.8. The average Bonchev–Trinajstić information content (AvgIpc) is 3.17. The van der Waals surface area contributed by atoms with Gasteiger partial charge in [-0.25, -0.2) is 4.98 Å². The molecule has 0 N–H and O–H groups in total. The molecule has 1 saturated heterocycles. The summed E-state index contributed by atoms with van der Waals surface area (Å²) < 4.78 is 17.8. The molecule has 1 aliphatic heterocycles. The summed E-state index contributed by atoms with van der Waals surface area (Å²) in [6.07, 6.45) is 5.90. The quantitative estimate of drug-likeness (QED) is 0.104. The van der Waals surface area contributed by atoms with Gasteiger partial charge >= 0.3 is 0 Å². The molecule has 10 heteroatoms. The number of aromatic nitrogens is 1. The van der Waals surface area contributed by atoms with E-state index in [2.05, 4.69) is 72.3 Å². The van der Waals surface area contributed by atoms with E-state index in [0.29, 0.717) is 59.6 Å². The van der Waals surface area contributed by atoms with E-state index in [1.165, 1.54) is 16.7 Å². The van der Waals surface area contributed by atoms with E-state index in [1.807, 2.05) is 42.2 Å². The third-order valence-corrected chi connectivity index (χ3v) is 9.76. The highest BCUT2D eigenvalue weighted by molar-refractivity contribution is 6.32. The Hall–Kier alpha value is -4.53. The van der Waals surface area contributed by atoms with E-state index >= 15 is 0 Å². The third kappa shape index (κ3) is 11.7. The van der Waals surface area contributed by atoms with Crippen LogP contribution < -0.4 is 14.2 Å². The van der Waals surface area contributed by atoms with Crippen LogP contribution in [0.5, 0.6) is 23.1 Å². The molecule has 0 radical (unpaired) electrons. The van der Waals surface area contributed by atoms with Gasteiger partial charge in [-0.05, 0) is 94.8 Å². The monoisotopic (exact) mass is 785 g/mol. The molecule has 1 amide bonds. The number of piperazine rings is 1. The number of nitrogens with zero attached hydrogens (tertiary/aromatic N) is 3. The number of carbonyl (C=O) groups excluding carboxylic acids is 1. The van der Waals surface area contributed by atoms with Crippen LogP contribution in [0.2, 0.25) is 10.0 Å². The van der Waals surface area contributed by atoms with Gasteiger partial charge in [0.15, 0.2) is 5.75 Å². The maximum Gasteiger partial charge on any atom is 0.246 e. The molecule has 7 nitrogen and oxygen atoms in total. The van der Waals surface area contributed by atoms with Crippen molar-refractivity contribution in [3.05, 3.63) is 153 Å². The molecule has 282 valence electrons. The Morgan fingerprint density at radius 1 is 0.815 bits per heavy atom. The number of carbonyl (C=O) groups is 1. The van der Waals surface area contributed by atoms with Crippen LogP contribution in [0.3, 0.4) is 0 Å². The van der Waals surface area contributed by atoms with Crippen LogP contribution in [0.15, 0.2) is 109 Å². The van der Waals surface area contributed by atoms with Crippen molar-refractivity contribution in [3.63, 3.8) is 0 Å². The molecule has 0 spiro atoms. The summed E-state index contributed by atoms with van der Waals surface area (Å²) in [7, 11) is 0. The second-order valence-electron chi connectivity index (χ2n) is 13.6. The van der Waals surface area contributed by atoms with Crippen LogP contribution in [0.25, 0.3) is 6.08 Å². The fourth-order valence-corrected chi connectivity index (χ4v) is 6.49. The highest BCUT2D eigenvalue weighted by Crippen LogP contribution is 2.34. The third-order valence-electron chi connectivity index (χ3n) is 9.22. The topological polar surface area (TPSA) is 64.1 Å². The summed E-state index contributed by atoms with van der Waals surface area (Å²) >= 11 is 12.6. The molecule has 0 atom stereocenters. The zero-order chi connectivity index (χ0) is 37.2. The second-order valence-corrected chi connectivity index (χ2v) is 14.4. The molecular weight excluding hydrogens is 741 g/mol. The van der Waals surface area contributed by atoms with Crippen molar-refractivity contribution < 1.29 is 19.0 Å². The Morgan fingerprint density at radius 2 is 1.48 bits per heavy atom. The number of hydrogen-bond acceptors (Lipinski definition) is 6. The summed E-state index contributed by atoms with van der Waals surface area (Å²) in [5.41, 5.74) is 6.50. The van der Waals surface area contributed by atoms with Crippen LogP contribution in [0.4, 0.5) is 0 Å². The number of rotatable bonds is 14. The van der Waals surface area contributed by atoms with Crippen LogP contribution in [-0.2, 0) is 24.4 Å². The fraction of sp³-hybridized carbons (Fsp3) is 0.273. The van der Waals surface area contributed by atoms with Crippen molar-refractivity contribution in [3.8, 4) is 23.1 Å². The molecule has 6 rings (SSSR count). The Labute approximate surface area is 334 Å². The van der Waals surface area contributed by atoms with Crippen LogP contribution in [0, 0.1) is 6.92 Å². The minimum Gasteiger partial charge on any atom is -0.493 e. The summed E-state index contributed by atoms with van der Waals surface area (Å²) in [6.45, 7) is 11.2. The van der Waals surface area contributed by atoms with Crippen LogP contribution in [0.1, 0.15) is 53.1 Å². The Morgan fingerprint density at radius 3 is 2.13 bits per heavy atom. The van der Waals surface area contributed by atoms with Gasteiger partial charge in [0, 0.05) is 56.3 Å². The summed E-state index contributed by atoms with van der Waals surface area (Å²) in [5.74, 6) is 2.95. The van der Waals surface area contributed by atoms with Gasteiger partial charge in [-0.3, -0.25) is 9.69 Å². The molecule has 0 saturated carbocycles. The molecule has 1 fully saturated rings. The van der Waals surface area contributed by atoms with Gasteiger partial charge < -0.3 is 19.1 Å². The van der Waals surface area contributed by atoms with Crippen LogP contribution in [-0.4, -0.2) is 53.5 Å². The maximum atomic E-state index is 13.1. The van der Waals surface area contributed by atoms with Crippen molar-refractivity contribution in [1.29, 1.82) is 0 Å². The molecular formula is C44H46Cl3N3O4. The minimum absolute atomic E-state index is 0. The number of amides is 1. The second kappa shape index (κ2) is 19.7. The predicted octanol–water partition coefficient (Wildman–Crippen LogP) is 10.6. The molecule has 54 heavy (non-hydrogen) atoms. The van der Waals surface area contributed by atoms with Gasteiger partial charge in [-0.15, -0.1) is 12.4 Å². The first-order chi connectivity index (χ1) is 25.7. The molecule has 1 aliphatic rings. The van der Waals surface area contributed by atoms with Gasteiger partial charge in [0.25, 0.3) is 0 Å². The minimum atomic E-state index is -0.0104. The lowest BCUT2D eigenvalue weighted by Crippen LogP contribution is -2.47. The Balaban J connectivity index is 0.00000561. The summed E-state index contributed by atoms with van der Waals surface area (Å²) in [5, 5.41) is 1.12. The average molecular weight is 787 g/mol. The molecule has 1 aromatic heterocycles. The van der Waals surface area contributed by atoms with E-state index in [0.717, 1.165) is 48.5 Å². The van der Waals surface area contributed by atoms with Gasteiger partial charge in [-0.1, -0.05) is 85.6 Å². The van der Waals surface area contributed by atoms with Crippen molar-refractivity contribution >= 4 is 47.6 Å². The number of hydrogen-bond donors (Lipinski definition) is 0. The van der Waals surface area contributed by atoms with Crippen LogP contribution >= 0.6 is 35.6 Å². The SMILES string of the molecule is Cc1cc(/C=C/C(=O)N2CCN(Cc3ccc(CCOc4ccc(C(C)C)cc4)cc3)CC2)cc(Cl)c1Oc1ccc(OCc2ccc(Cl)cc2)cn1.Cl. The van der Waals surface area contributed by atoms with E-state index < -0.39 is 0 Å². The van der Waals surface area contributed by atoms with Crippen molar-refractivity contribution in [2.45, 2.75) is 46.3 Å². The zero-order valence-electron chi connectivity index (χ0n) is 30.8. The van der Waals surface area contributed by atoms with E-state index in [9.17, 15) is 4.79 Å². The smallest absolute Gasteiger partial charge is 0.246 e. The lowest BCUT2D eigenvalue weighted by Gasteiger charge is -2.34. The standard InChI is InChI=1S/C44H45Cl2N3O4.ClH/c1-31(2)37-11-15-39(16-12-37)51-25-20-33-4-6-34(7-5-33)29-48-21-23-49(24-22-48)43(50)19-10-36-26-32(3)44(41(46)27-36)53-42-18-17-40(28-47-42)52-30-35-8-13-38(45)14-9-35;/h4-19,26-28,31H,20-25,29-30H2,1-3H3;1H/b19-10+;. The Bertz CT molecular complexity index is 1950. The van der Waals surface area contributed by atoms with E-state index in [1.54, 1.807) is 36.5 Å².